The summed E-state index contributed by atoms with van der Waals surface area (Å²) in [6.07, 6.45) is 0. The molecule has 158 valence electrons. The minimum atomic E-state index is -0.302. The van der Waals surface area contributed by atoms with Gasteiger partial charge in [-0.15, -0.1) is 0 Å². The molecular formula is C24H22FN3O2S. The Kier molecular flexibility index (Phi) is 5.63. The molecular weight excluding hydrogens is 413 g/mol. The molecule has 4 aromatic rings. The molecule has 5 nitrogen and oxygen atoms in total. The van der Waals surface area contributed by atoms with E-state index in [4.69, 9.17) is 4.74 Å². The number of fused-ring (bicyclic) bond motifs is 2. The van der Waals surface area contributed by atoms with Gasteiger partial charge in [-0.1, -0.05) is 41.7 Å². The van der Waals surface area contributed by atoms with E-state index in [2.05, 4.69) is 9.88 Å². The van der Waals surface area contributed by atoms with E-state index >= 15 is 0 Å². The van der Waals surface area contributed by atoms with Gasteiger partial charge in [0.25, 0.3) is 5.91 Å². The molecule has 1 aliphatic rings. The van der Waals surface area contributed by atoms with E-state index in [9.17, 15) is 9.18 Å². The van der Waals surface area contributed by atoms with Crippen LogP contribution in [0.3, 0.4) is 0 Å². The summed E-state index contributed by atoms with van der Waals surface area (Å²) in [6, 6.07) is 18.3. The molecule has 0 N–H and O–H groups in total. The fourth-order valence-electron chi connectivity index (χ4n) is 3.83. The van der Waals surface area contributed by atoms with Gasteiger partial charge < -0.3 is 4.74 Å². The molecule has 0 aliphatic carbocycles. The first-order valence-electron chi connectivity index (χ1n) is 10.3. The Morgan fingerprint density at radius 1 is 1.06 bits per heavy atom. The van der Waals surface area contributed by atoms with E-state index in [-0.39, 0.29) is 11.7 Å². The number of amides is 1. The molecule has 0 spiro atoms. The van der Waals surface area contributed by atoms with E-state index in [1.165, 1.54) is 23.5 Å². The molecule has 1 aliphatic heterocycles. The van der Waals surface area contributed by atoms with Crippen molar-refractivity contribution in [1.29, 1.82) is 0 Å². The highest BCUT2D eigenvalue weighted by molar-refractivity contribution is 7.22. The smallest absolute Gasteiger partial charge is 0.260 e. The molecule has 0 atom stereocenters. The van der Waals surface area contributed by atoms with Crippen LogP contribution in [0.25, 0.3) is 21.0 Å². The van der Waals surface area contributed by atoms with Crippen molar-refractivity contribution in [3.63, 3.8) is 0 Å². The zero-order chi connectivity index (χ0) is 21.2. The van der Waals surface area contributed by atoms with Crippen LogP contribution in [0, 0.1) is 5.82 Å². The number of aromatic nitrogens is 1. The molecule has 0 unspecified atom stereocenters. The number of thiazole rings is 1. The minimum Gasteiger partial charge on any atom is -0.379 e. The van der Waals surface area contributed by atoms with E-state index in [1.807, 2.05) is 42.5 Å². The Labute approximate surface area is 183 Å². The molecule has 1 amide bonds. The maximum Gasteiger partial charge on any atom is 0.260 e. The summed E-state index contributed by atoms with van der Waals surface area (Å²) in [5.74, 6) is -0.401. The van der Waals surface area contributed by atoms with Crippen LogP contribution in [0.2, 0.25) is 0 Å². The standard InChI is InChI=1S/C24H22FN3O2S/c25-20-7-8-21-22(16-20)31-24(26-21)28(10-9-27-11-13-30-14-12-27)23(29)19-6-5-17-3-1-2-4-18(17)15-19/h1-8,15-16H,9-14H2. The summed E-state index contributed by atoms with van der Waals surface area (Å²) >= 11 is 1.34. The molecule has 2 heterocycles. The molecule has 1 saturated heterocycles. The lowest BCUT2D eigenvalue weighted by Gasteiger charge is -2.29. The summed E-state index contributed by atoms with van der Waals surface area (Å²) in [6.45, 7) is 4.35. The molecule has 1 fully saturated rings. The molecule has 0 saturated carbocycles. The first-order chi connectivity index (χ1) is 15.2. The number of ether oxygens (including phenoxy) is 1. The quantitative estimate of drug-likeness (QED) is 0.461. The van der Waals surface area contributed by atoms with E-state index in [0.717, 1.165) is 35.1 Å². The summed E-state index contributed by atoms with van der Waals surface area (Å²) in [5.41, 5.74) is 1.31. The number of nitrogens with zero attached hydrogens (tertiary/aromatic N) is 3. The number of hydrogen-bond acceptors (Lipinski definition) is 5. The SMILES string of the molecule is O=C(c1ccc2ccccc2c1)N(CCN1CCOCC1)c1nc2ccc(F)cc2s1. The zero-order valence-electron chi connectivity index (χ0n) is 17.0. The zero-order valence-corrected chi connectivity index (χ0v) is 17.8. The number of benzene rings is 3. The maximum absolute atomic E-state index is 13.7. The summed E-state index contributed by atoms with van der Waals surface area (Å²) in [7, 11) is 0. The Morgan fingerprint density at radius 3 is 2.71 bits per heavy atom. The lowest BCUT2D eigenvalue weighted by Crippen LogP contribution is -2.43. The highest BCUT2D eigenvalue weighted by Crippen LogP contribution is 2.30. The largest absolute Gasteiger partial charge is 0.379 e. The average molecular weight is 436 g/mol. The van der Waals surface area contributed by atoms with Crippen LogP contribution in [0.1, 0.15) is 10.4 Å². The van der Waals surface area contributed by atoms with Gasteiger partial charge in [0.2, 0.25) is 0 Å². The Hall–Kier alpha value is -2.87. The molecule has 0 radical (unpaired) electrons. The predicted octanol–water partition coefficient (Wildman–Crippen LogP) is 4.57. The van der Waals surface area contributed by atoms with Crippen LogP contribution in [-0.2, 0) is 4.74 Å². The van der Waals surface area contributed by atoms with Crippen LogP contribution in [0.15, 0.2) is 60.7 Å². The van der Waals surface area contributed by atoms with Gasteiger partial charge in [-0.05, 0) is 41.1 Å². The number of carbonyl (C=O) groups excluding carboxylic acids is 1. The van der Waals surface area contributed by atoms with Crippen molar-refractivity contribution in [3.8, 4) is 0 Å². The topological polar surface area (TPSA) is 45.7 Å². The van der Waals surface area contributed by atoms with Crippen molar-refractivity contribution in [2.24, 2.45) is 0 Å². The van der Waals surface area contributed by atoms with Crippen molar-refractivity contribution in [1.82, 2.24) is 9.88 Å². The predicted molar refractivity (Wildman–Crippen MR) is 122 cm³/mol. The van der Waals surface area contributed by atoms with Crippen LogP contribution in [-0.4, -0.2) is 55.2 Å². The van der Waals surface area contributed by atoms with Gasteiger partial charge in [-0.25, -0.2) is 9.37 Å². The van der Waals surface area contributed by atoms with Gasteiger partial charge in [0.15, 0.2) is 5.13 Å². The Morgan fingerprint density at radius 2 is 1.87 bits per heavy atom. The normalized spacial score (nSPS) is 14.9. The Bertz CT molecular complexity index is 1240. The molecule has 5 rings (SSSR count). The van der Waals surface area contributed by atoms with Crippen molar-refractivity contribution in [2.45, 2.75) is 0 Å². The van der Waals surface area contributed by atoms with Gasteiger partial charge in [0, 0.05) is 31.7 Å². The monoisotopic (exact) mass is 435 g/mol. The van der Waals surface area contributed by atoms with Crippen LogP contribution >= 0.6 is 11.3 Å². The fraction of sp³-hybridized carbons (Fsp3) is 0.250. The van der Waals surface area contributed by atoms with Crippen molar-refractivity contribution in [3.05, 3.63) is 72.0 Å². The molecule has 0 bridgehead atoms. The second kappa shape index (κ2) is 8.70. The van der Waals surface area contributed by atoms with Crippen LogP contribution in [0.4, 0.5) is 9.52 Å². The molecule has 7 heteroatoms. The molecule has 31 heavy (non-hydrogen) atoms. The van der Waals surface area contributed by atoms with Gasteiger partial charge in [0.05, 0.1) is 23.4 Å². The number of hydrogen-bond donors (Lipinski definition) is 0. The second-order valence-electron chi connectivity index (χ2n) is 7.58. The first kappa shape index (κ1) is 20.1. The third kappa shape index (κ3) is 4.30. The van der Waals surface area contributed by atoms with Crippen LogP contribution < -0.4 is 4.90 Å². The van der Waals surface area contributed by atoms with Crippen LogP contribution in [0.5, 0.6) is 0 Å². The van der Waals surface area contributed by atoms with E-state index in [0.29, 0.717) is 36.0 Å². The van der Waals surface area contributed by atoms with E-state index in [1.54, 1.807) is 11.0 Å². The van der Waals surface area contributed by atoms with Crippen molar-refractivity contribution < 1.29 is 13.9 Å². The molecule has 1 aromatic heterocycles. The summed E-state index contributed by atoms with van der Waals surface area (Å²) in [4.78, 5) is 22.2. The average Bonchev–Trinajstić information content (AvgIpc) is 3.22. The van der Waals surface area contributed by atoms with Gasteiger partial charge in [-0.3, -0.25) is 14.6 Å². The van der Waals surface area contributed by atoms with Gasteiger partial charge in [-0.2, -0.15) is 0 Å². The van der Waals surface area contributed by atoms with E-state index < -0.39 is 0 Å². The van der Waals surface area contributed by atoms with Gasteiger partial charge in [0.1, 0.15) is 5.82 Å². The number of carbonyl (C=O) groups is 1. The molecule has 3 aromatic carbocycles. The lowest BCUT2D eigenvalue weighted by atomic mass is 10.1. The summed E-state index contributed by atoms with van der Waals surface area (Å²) in [5, 5.41) is 2.70. The first-order valence-corrected chi connectivity index (χ1v) is 11.2. The van der Waals surface area contributed by atoms with Crippen molar-refractivity contribution in [2.75, 3.05) is 44.3 Å². The minimum absolute atomic E-state index is 0.0986. The second-order valence-corrected chi connectivity index (χ2v) is 8.59. The number of halogens is 1. The highest BCUT2D eigenvalue weighted by atomic mass is 32.1. The third-order valence-corrected chi connectivity index (χ3v) is 6.60. The number of anilines is 1. The Balaban J connectivity index is 1.48. The number of morpholine rings is 1. The fourth-order valence-corrected chi connectivity index (χ4v) is 4.85. The summed E-state index contributed by atoms with van der Waals surface area (Å²) < 4.78 is 19.9. The third-order valence-electron chi connectivity index (χ3n) is 5.56. The van der Waals surface area contributed by atoms with Crippen molar-refractivity contribution >= 4 is 43.4 Å². The number of rotatable bonds is 5. The lowest BCUT2D eigenvalue weighted by molar-refractivity contribution is 0.0391. The van der Waals surface area contributed by atoms with Gasteiger partial charge >= 0.3 is 0 Å². The maximum atomic E-state index is 13.7. The highest BCUT2D eigenvalue weighted by Gasteiger charge is 2.23.